The standard InChI is InChI=1S/C12H20N2O/c1-5-14-9(4)12(8(3)13-14)10-6-11(15)7(10)2/h7,10-11,15H,5-6H2,1-4H3. The van der Waals surface area contributed by atoms with Crippen LogP contribution in [-0.4, -0.2) is 21.0 Å². The molecule has 0 amide bonds. The van der Waals surface area contributed by atoms with Gasteiger partial charge < -0.3 is 5.11 Å². The summed E-state index contributed by atoms with van der Waals surface area (Å²) in [6.07, 6.45) is 0.789. The molecule has 1 aliphatic carbocycles. The van der Waals surface area contributed by atoms with E-state index in [1.807, 2.05) is 0 Å². The Morgan fingerprint density at radius 1 is 1.47 bits per heavy atom. The summed E-state index contributed by atoms with van der Waals surface area (Å²) in [5.41, 5.74) is 3.78. The van der Waals surface area contributed by atoms with Crippen LogP contribution in [0.15, 0.2) is 0 Å². The van der Waals surface area contributed by atoms with Crippen LogP contribution >= 0.6 is 0 Å². The first-order valence-corrected chi connectivity index (χ1v) is 5.78. The summed E-state index contributed by atoms with van der Waals surface area (Å²) in [6, 6.07) is 0. The van der Waals surface area contributed by atoms with Crippen molar-refractivity contribution in [3.05, 3.63) is 17.0 Å². The summed E-state index contributed by atoms with van der Waals surface area (Å²) in [7, 11) is 0. The van der Waals surface area contributed by atoms with E-state index in [1.165, 1.54) is 11.3 Å². The second kappa shape index (κ2) is 3.63. The van der Waals surface area contributed by atoms with Gasteiger partial charge in [0.25, 0.3) is 0 Å². The van der Waals surface area contributed by atoms with Crippen molar-refractivity contribution in [1.82, 2.24) is 9.78 Å². The van der Waals surface area contributed by atoms with Gasteiger partial charge in [0.05, 0.1) is 11.8 Å². The van der Waals surface area contributed by atoms with Crippen LogP contribution in [0.4, 0.5) is 0 Å². The van der Waals surface area contributed by atoms with Crippen LogP contribution in [0, 0.1) is 19.8 Å². The van der Waals surface area contributed by atoms with Crippen LogP contribution in [0.5, 0.6) is 0 Å². The molecule has 1 aliphatic rings. The van der Waals surface area contributed by atoms with Crippen molar-refractivity contribution in [2.45, 2.75) is 52.7 Å². The monoisotopic (exact) mass is 208 g/mol. The number of nitrogens with zero attached hydrogens (tertiary/aromatic N) is 2. The number of aromatic nitrogens is 2. The first-order valence-electron chi connectivity index (χ1n) is 5.78. The number of aliphatic hydroxyl groups excluding tert-OH is 1. The molecule has 0 bridgehead atoms. The number of aryl methyl sites for hydroxylation is 2. The maximum Gasteiger partial charge on any atom is 0.0631 e. The van der Waals surface area contributed by atoms with E-state index in [4.69, 9.17) is 0 Å². The first kappa shape index (κ1) is 10.7. The van der Waals surface area contributed by atoms with Crippen LogP contribution in [0.2, 0.25) is 0 Å². The lowest BCUT2D eigenvalue weighted by atomic mass is 9.68. The van der Waals surface area contributed by atoms with Gasteiger partial charge in [-0.2, -0.15) is 5.10 Å². The Morgan fingerprint density at radius 3 is 2.53 bits per heavy atom. The Hall–Kier alpha value is -0.830. The SMILES string of the molecule is CCn1nc(C)c(C2CC(O)C2C)c1C. The molecule has 2 rings (SSSR count). The lowest BCUT2D eigenvalue weighted by molar-refractivity contribution is 0.0113. The van der Waals surface area contributed by atoms with Gasteiger partial charge in [0.15, 0.2) is 0 Å². The normalized spacial score (nSPS) is 30.3. The molecule has 15 heavy (non-hydrogen) atoms. The summed E-state index contributed by atoms with van der Waals surface area (Å²) in [6.45, 7) is 9.38. The lowest BCUT2D eigenvalue weighted by Crippen LogP contribution is -2.37. The molecule has 84 valence electrons. The van der Waals surface area contributed by atoms with Crippen LogP contribution in [-0.2, 0) is 6.54 Å². The molecule has 0 spiro atoms. The third kappa shape index (κ3) is 1.49. The molecule has 1 aromatic rings. The van der Waals surface area contributed by atoms with Gasteiger partial charge in [0.1, 0.15) is 0 Å². The summed E-state index contributed by atoms with van der Waals surface area (Å²) in [4.78, 5) is 0. The van der Waals surface area contributed by atoms with Crippen LogP contribution in [0.3, 0.4) is 0 Å². The first-order chi connectivity index (χ1) is 7.06. The topological polar surface area (TPSA) is 38.0 Å². The zero-order chi connectivity index (χ0) is 11.2. The van der Waals surface area contributed by atoms with Gasteiger partial charge in [-0.05, 0) is 44.6 Å². The van der Waals surface area contributed by atoms with E-state index in [9.17, 15) is 5.11 Å². The van der Waals surface area contributed by atoms with Crippen molar-refractivity contribution in [3.63, 3.8) is 0 Å². The molecule has 3 atom stereocenters. The van der Waals surface area contributed by atoms with E-state index in [-0.39, 0.29) is 6.10 Å². The molecular weight excluding hydrogens is 188 g/mol. The minimum atomic E-state index is -0.112. The van der Waals surface area contributed by atoms with Gasteiger partial charge in [0, 0.05) is 12.2 Å². The highest BCUT2D eigenvalue weighted by Crippen LogP contribution is 2.44. The maximum absolute atomic E-state index is 9.57. The third-order valence-electron chi connectivity index (χ3n) is 3.84. The van der Waals surface area contributed by atoms with Gasteiger partial charge in [-0.15, -0.1) is 0 Å². The third-order valence-corrected chi connectivity index (χ3v) is 3.84. The molecule has 0 aromatic carbocycles. The molecule has 3 nitrogen and oxygen atoms in total. The Balaban J connectivity index is 2.32. The van der Waals surface area contributed by atoms with Gasteiger partial charge >= 0.3 is 0 Å². The second-order valence-electron chi connectivity index (χ2n) is 4.67. The van der Waals surface area contributed by atoms with E-state index in [2.05, 4.69) is 37.5 Å². The highest BCUT2D eigenvalue weighted by atomic mass is 16.3. The molecule has 1 saturated carbocycles. The second-order valence-corrected chi connectivity index (χ2v) is 4.67. The number of rotatable bonds is 2. The van der Waals surface area contributed by atoms with Gasteiger partial charge in [-0.1, -0.05) is 6.92 Å². The molecule has 1 heterocycles. The van der Waals surface area contributed by atoms with Crippen molar-refractivity contribution in [3.8, 4) is 0 Å². The minimum absolute atomic E-state index is 0.112. The smallest absolute Gasteiger partial charge is 0.0631 e. The average Bonchev–Trinajstić information content (AvgIpc) is 2.50. The Labute approximate surface area is 91.1 Å². The predicted molar refractivity (Wildman–Crippen MR) is 59.9 cm³/mol. The lowest BCUT2D eigenvalue weighted by Gasteiger charge is -2.39. The Bertz CT molecular complexity index is 370. The summed E-state index contributed by atoms with van der Waals surface area (Å²) in [5.74, 6) is 0.900. The van der Waals surface area contributed by atoms with Gasteiger partial charge in [-0.25, -0.2) is 0 Å². The number of hydrogen-bond acceptors (Lipinski definition) is 2. The minimum Gasteiger partial charge on any atom is -0.393 e. The quantitative estimate of drug-likeness (QED) is 0.807. The van der Waals surface area contributed by atoms with E-state index in [0.717, 1.165) is 18.7 Å². The van der Waals surface area contributed by atoms with Crippen molar-refractivity contribution in [1.29, 1.82) is 0 Å². The molecule has 3 unspecified atom stereocenters. The summed E-state index contributed by atoms with van der Waals surface area (Å²) >= 11 is 0. The number of aliphatic hydroxyl groups is 1. The van der Waals surface area contributed by atoms with E-state index in [0.29, 0.717) is 11.8 Å². The largest absolute Gasteiger partial charge is 0.393 e. The molecular formula is C12H20N2O. The molecule has 1 aromatic heterocycles. The predicted octanol–water partition coefficient (Wildman–Crippen LogP) is 2.00. The molecule has 0 aliphatic heterocycles. The highest BCUT2D eigenvalue weighted by Gasteiger charge is 2.39. The highest BCUT2D eigenvalue weighted by molar-refractivity contribution is 5.32. The fourth-order valence-electron chi connectivity index (χ4n) is 2.70. The maximum atomic E-state index is 9.57. The van der Waals surface area contributed by atoms with Crippen LogP contribution < -0.4 is 0 Å². The molecule has 0 radical (unpaired) electrons. The zero-order valence-corrected chi connectivity index (χ0v) is 9.99. The molecule has 1 fully saturated rings. The fourth-order valence-corrected chi connectivity index (χ4v) is 2.70. The van der Waals surface area contributed by atoms with Gasteiger partial charge in [-0.3, -0.25) is 4.68 Å². The van der Waals surface area contributed by atoms with E-state index < -0.39 is 0 Å². The van der Waals surface area contributed by atoms with Crippen LogP contribution in [0.1, 0.15) is 43.1 Å². The molecule has 3 heteroatoms. The fraction of sp³-hybridized carbons (Fsp3) is 0.750. The van der Waals surface area contributed by atoms with Crippen molar-refractivity contribution >= 4 is 0 Å². The van der Waals surface area contributed by atoms with E-state index >= 15 is 0 Å². The van der Waals surface area contributed by atoms with Crippen molar-refractivity contribution < 1.29 is 5.11 Å². The van der Waals surface area contributed by atoms with Crippen LogP contribution in [0.25, 0.3) is 0 Å². The molecule has 1 N–H and O–H groups in total. The average molecular weight is 208 g/mol. The van der Waals surface area contributed by atoms with Crippen molar-refractivity contribution in [2.24, 2.45) is 5.92 Å². The molecule has 0 saturated heterocycles. The Morgan fingerprint density at radius 2 is 2.13 bits per heavy atom. The van der Waals surface area contributed by atoms with E-state index in [1.54, 1.807) is 0 Å². The van der Waals surface area contributed by atoms with Gasteiger partial charge in [0.2, 0.25) is 0 Å². The number of hydrogen-bond donors (Lipinski definition) is 1. The summed E-state index contributed by atoms with van der Waals surface area (Å²) in [5, 5.41) is 14.1. The summed E-state index contributed by atoms with van der Waals surface area (Å²) < 4.78 is 2.06. The Kier molecular flexibility index (Phi) is 2.59. The van der Waals surface area contributed by atoms with Crippen molar-refractivity contribution in [2.75, 3.05) is 0 Å². The zero-order valence-electron chi connectivity index (χ0n) is 9.99.